The van der Waals surface area contributed by atoms with Gasteiger partial charge in [0.25, 0.3) is 15.9 Å². The highest BCUT2D eigenvalue weighted by Crippen LogP contribution is 2.20. The van der Waals surface area contributed by atoms with E-state index in [1.54, 1.807) is 35.2 Å². The minimum atomic E-state index is -3.79. The number of piperazine rings is 1. The summed E-state index contributed by atoms with van der Waals surface area (Å²) in [6.45, 7) is 4.55. The van der Waals surface area contributed by atoms with Gasteiger partial charge in [-0.2, -0.15) is 0 Å². The summed E-state index contributed by atoms with van der Waals surface area (Å²) < 4.78 is 28.2. The molecular weight excluding hydrogens is 410 g/mol. The maximum absolute atomic E-state index is 13.0. The first-order chi connectivity index (χ1) is 14.9. The number of hydrogen-bond donors (Lipinski definition) is 1. The molecule has 7 heteroatoms. The lowest BCUT2D eigenvalue weighted by Gasteiger charge is -2.36. The molecule has 1 saturated heterocycles. The molecule has 0 radical (unpaired) electrons. The van der Waals surface area contributed by atoms with Crippen LogP contribution in [0.3, 0.4) is 0 Å². The molecule has 6 nitrogen and oxygen atoms in total. The maximum atomic E-state index is 13.0. The van der Waals surface area contributed by atoms with Crippen LogP contribution < -0.4 is 9.62 Å². The van der Waals surface area contributed by atoms with Gasteiger partial charge in [-0.05, 0) is 55.0 Å². The summed E-state index contributed by atoms with van der Waals surface area (Å²) in [5.74, 6) is -0.152. The molecule has 3 aromatic carbocycles. The molecule has 0 bridgehead atoms. The van der Waals surface area contributed by atoms with Crippen LogP contribution in [-0.4, -0.2) is 45.4 Å². The first-order valence-electron chi connectivity index (χ1n) is 10.2. The van der Waals surface area contributed by atoms with Crippen LogP contribution >= 0.6 is 0 Å². The molecule has 4 rings (SSSR count). The highest BCUT2D eigenvalue weighted by Gasteiger charge is 2.24. The second kappa shape index (κ2) is 8.81. The van der Waals surface area contributed by atoms with E-state index in [-0.39, 0.29) is 10.8 Å². The number of sulfonamides is 1. The molecule has 1 fully saturated rings. The molecule has 0 aliphatic carbocycles. The zero-order chi connectivity index (χ0) is 21.8. The van der Waals surface area contributed by atoms with Gasteiger partial charge in [0.1, 0.15) is 0 Å². The van der Waals surface area contributed by atoms with Crippen LogP contribution in [0.15, 0.2) is 83.8 Å². The highest BCUT2D eigenvalue weighted by atomic mass is 32.2. The molecular formula is C24H25N3O3S. The van der Waals surface area contributed by atoms with Gasteiger partial charge in [0.15, 0.2) is 0 Å². The summed E-state index contributed by atoms with van der Waals surface area (Å²) in [5.41, 5.74) is 2.97. The molecule has 1 aliphatic rings. The minimum Gasteiger partial charge on any atom is -0.368 e. The Morgan fingerprint density at radius 3 is 2.26 bits per heavy atom. The zero-order valence-electron chi connectivity index (χ0n) is 17.4. The van der Waals surface area contributed by atoms with Gasteiger partial charge in [-0.1, -0.05) is 36.4 Å². The van der Waals surface area contributed by atoms with E-state index >= 15 is 0 Å². The Morgan fingerprint density at radius 1 is 0.839 bits per heavy atom. The van der Waals surface area contributed by atoms with Crippen molar-refractivity contribution in [3.05, 3.63) is 90.0 Å². The zero-order valence-corrected chi connectivity index (χ0v) is 18.2. The summed E-state index contributed by atoms with van der Waals surface area (Å²) in [4.78, 5) is 17.1. The Labute approximate surface area is 183 Å². The molecule has 1 amide bonds. The maximum Gasteiger partial charge on any atom is 0.261 e. The quantitative estimate of drug-likeness (QED) is 0.663. The molecule has 31 heavy (non-hydrogen) atoms. The molecule has 1 N–H and O–H groups in total. The number of rotatable bonds is 5. The van der Waals surface area contributed by atoms with Crippen molar-refractivity contribution in [1.82, 2.24) is 4.90 Å². The monoisotopic (exact) mass is 435 g/mol. The number of hydrogen-bond acceptors (Lipinski definition) is 4. The number of anilines is 2. The van der Waals surface area contributed by atoms with Crippen molar-refractivity contribution in [2.75, 3.05) is 35.8 Å². The van der Waals surface area contributed by atoms with Gasteiger partial charge >= 0.3 is 0 Å². The largest absolute Gasteiger partial charge is 0.368 e. The van der Waals surface area contributed by atoms with Crippen molar-refractivity contribution in [2.24, 2.45) is 0 Å². The fourth-order valence-electron chi connectivity index (χ4n) is 3.71. The van der Waals surface area contributed by atoms with Crippen molar-refractivity contribution in [3.63, 3.8) is 0 Å². The standard InChI is InChI=1S/C24H25N3O3S/c1-19-7-5-9-21(17-19)25-31(29,30)23-12-6-8-20(18-23)24(28)27-15-13-26(14-16-27)22-10-3-2-4-11-22/h2-12,17-18,25H,13-16H2,1H3. The van der Waals surface area contributed by atoms with E-state index in [0.717, 1.165) is 24.3 Å². The van der Waals surface area contributed by atoms with Crippen LogP contribution in [-0.2, 0) is 10.0 Å². The van der Waals surface area contributed by atoms with E-state index in [2.05, 4.69) is 21.8 Å². The van der Waals surface area contributed by atoms with E-state index in [0.29, 0.717) is 24.3 Å². The van der Waals surface area contributed by atoms with Crippen molar-refractivity contribution >= 4 is 27.3 Å². The average molecular weight is 436 g/mol. The predicted molar refractivity (Wildman–Crippen MR) is 123 cm³/mol. The van der Waals surface area contributed by atoms with E-state index in [1.807, 2.05) is 31.2 Å². The third-order valence-electron chi connectivity index (χ3n) is 5.35. The molecule has 0 unspecified atom stereocenters. The second-order valence-electron chi connectivity index (χ2n) is 7.62. The van der Waals surface area contributed by atoms with Crippen LogP contribution in [0, 0.1) is 6.92 Å². The third kappa shape index (κ3) is 4.88. The molecule has 0 atom stereocenters. The molecule has 0 spiro atoms. The van der Waals surface area contributed by atoms with E-state index in [9.17, 15) is 13.2 Å². The lowest BCUT2D eigenvalue weighted by Crippen LogP contribution is -2.48. The molecule has 3 aromatic rings. The highest BCUT2D eigenvalue weighted by molar-refractivity contribution is 7.92. The van der Waals surface area contributed by atoms with Crippen molar-refractivity contribution in [3.8, 4) is 0 Å². The summed E-state index contributed by atoms with van der Waals surface area (Å²) in [7, 11) is -3.79. The van der Waals surface area contributed by atoms with Crippen LogP contribution in [0.2, 0.25) is 0 Å². The predicted octanol–water partition coefficient (Wildman–Crippen LogP) is 3.76. The Kier molecular flexibility index (Phi) is 5.95. The van der Waals surface area contributed by atoms with Crippen LogP contribution in [0.1, 0.15) is 15.9 Å². The van der Waals surface area contributed by atoms with Gasteiger partial charge in [-0.15, -0.1) is 0 Å². The Morgan fingerprint density at radius 2 is 1.55 bits per heavy atom. The van der Waals surface area contributed by atoms with Crippen LogP contribution in [0.4, 0.5) is 11.4 Å². The summed E-state index contributed by atoms with van der Waals surface area (Å²) >= 11 is 0. The number of benzene rings is 3. The number of carbonyl (C=O) groups is 1. The van der Waals surface area contributed by atoms with Crippen molar-refractivity contribution in [1.29, 1.82) is 0 Å². The molecule has 1 aliphatic heterocycles. The number of aryl methyl sites for hydroxylation is 1. The van der Waals surface area contributed by atoms with Gasteiger partial charge in [0.2, 0.25) is 0 Å². The van der Waals surface area contributed by atoms with Gasteiger partial charge < -0.3 is 9.80 Å². The molecule has 0 aromatic heterocycles. The topological polar surface area (TPSA) is 69.7 Å². The summed E-state index contributed by atoms with van der Waals surface area (Å²) in [5, 5.41) is 0. The fraction of sp³-hybridized carbons (Fsp3) is 0.208. The summed E-state index contributed by atoms with van der Waals surface area (Å²) in [6, 6.07) is 23.5. The Balaban J connectivity index is 1.46. The second-order valence-corrected chi connectivity index (χ2v) is 9.30. The van der Waals surface area contributed by atoms with Crippen LogP contribution in [0.25, 0.3) is 0 Å². The SMILES string of the molecule is Cc1cccc(NS(=O)(=O)c2cccc(C(=O)N3CCN(c4ccccc4)CC3)c2)c1. The number of amides is 1. The Bertz CT molecular complexity index is 1170. The van der Waals surface area contributed by atoms with E-state index in [4.69, 9.17) is 0 Å². The molecule has 160 valence electrons. The number of carbonyl (C=O) groups excluding carboxylic acids is 1. The van der Waals surface area contributed by atoms with Gasteiger partial charge in [-0.3, -0.25) is 9.52 Å². The fourth-order valence-corrected chi connectivity index (χ4v) is 4.80. The minimum absolute atomic E-state index is 0.0720. The van der Waals surface area contributed by atoms with Gasteiger partial charge in [0, 0.05) is 43.1 Å². The number of nitrogens with one attached hydrogen (secondary N) is 1. The first kappa shape index (κ1) is 20.9. The summed E-state index contributed by atoms with van der Waals surface area (Å²) in [6.07, 6.45) is 0. The van der Waals surface area contributed by atoms with Crippen molar-refractivity contribution < 1.29 is 13.2 Å². The first-order valence-corrected chi connectivity index (χ1v) is 11.7. The van der Waals surface area contributed by atoms with Gasteiger partial charge in [0.05, 0.1) is 4.90 Å². The van der Waals surface area contributed by atoms with E-state index in [1.165, 1.54) is 12.1 Å². The Hall–Kier alpha value is -3.32. The smallest absolute Gasteiger partial charge is 0.261 e. The molecule has 0 saturated carbocycles. The third-order valence-corrected chi connectivity index (χ3v) is 6.73. The normalized spacial score (nSPS) is 14.4. The molecule has 1 heterocycles. The van der Waals surface area contributed by atoms with Crippen molar-refractivity contribution in [2.45, 2.75) is 11.8 Å². The lowest BCUT2D eigenvalue weighted by atomic mass is 10.1. The number of nitrogens with zero attached hydrogens (tertiary/aromatic N) is 2. The van der Waals surface area contributed by atoms with Crippen LogP contribution in [0.5, 0.6) is 0 Å². The van der Waals surface area contributed by atoms with E-state index < -0.39 is 10.0 Å². The van der Waals surface area contributed by atoms with Gasteiger partial charge in [-0.25, -0.2) is 8.42 Å². The lowest BCUT2D eigenvalue weighted by molar-refractivity contribution is 0.0746. The average Bonchev–Trinajstić information content (AvgIpc) is 2.79. The number of para-hydroxylation sites is 1.